The minimum Gasteiger partial charge on any atom is -0.381 e. The molecule has 54 valence electrons. The highest BCUT2D eigenvalue weighted by molar-refractivity contribution is 5.94. The van der Waals surface area contributed by atoms with E-state index in [9.17, 15) is 4.79 Å². The summed E-state index contributed by atoms with van der Waals surface area (Å²) < 4.78 is 5.08. The van der Waals surface area contributed by atoms with Crippen LogP contribution in [0.4, 0.5) is 0 Å². The van der Waals surface area contributed by atoms with Crippen molar-refractivity contribution < 1.29 is 9.53 Å². The number of terminal acetylenes is 1. The summed E-state index contributed by atoms with van der Waals surface area (Å²) in [7, 11) is 0. The second kappa shape index (κ2) is 3.38. The number of carbonyl (C=O) groups excluding carboxylic acids is 1. The number of Topliss-reactive ketones (excluding diaryl/α,β-unsaturated/α-hetero) is 1. The monoisotopic (exact) mass is 138 g/mol. The van der Waals surface area contributed by atoms with Crippen molar-refractivity contribution in [1.82, 2.24) is 0 Å². The minimum absolute atomic E-state index is 0.101. The molecule has 0 radical (unpaired) electrons. The molecule has 10 heavy (non-hydrogen) atoms. The van der Waals surface area contributed by atoms with Gasteiger partial charge in [0, 0.05) is 19.6 Å². The third-order valence-electron chi connectivity index (χ3n) is 1.66. The van der Waals surface area contributed by atoms with Gasteiger partial charge in [-0.3, -0.25) is 4.79 Å². The smallest absolute Gasteiger partial charge is 0.205 e. The molecule has 0 amide bonds. The van der Waals surface area contributed by atoms with Gasteiger partial charge in [0.15, 0.2) is 0 Å². The van der Waals surface area contributed by atoms with Crippen LogP contribution in [-0.4, -0.2) is 19.0 Å². The van der Waals surface area contributed by atoms with Crippen LogP contribution in [0.5, 0.6) is 0 Å². The first-order chi connectivity index (χ1) is 4.83. The zero-order valence-electron chi connectivity index (χ0n) is 5.80. The maximum Gasteiger partial charge on any atom is 0.205 e. The first-order valence-electron chi connectivity index (χ1n) is 3.40. The fourth-order valence-corrected chi connectivity index (χ4v) is 1.07. The van der Waals surface area contributed by atoms with Gasteiger partial charge in [-0.2, -0.15) is 0 Å². The van der Waals surface area contributed by atoms with Gasteiger partial charge in [-0.25, -0.2) is 0 Å². The lowest BCUT2D eigenvalue weighted by molar-refractivity contribution is -0.114. The summed E-state index contributed by atoms with van der Waals surface area (Å²) >= 11 is 0. The largest absolute Gasteiger partial charge is 0.381 e. The van der Waals surface area contributed by atoms with Gasteiger partial charge in [-0.1, -0.05) is 0 Å². The number of hydrogen-bond donors (Lipinski definition) is 0. The van der Waals surface area contributed by atoms with Crippen molar-refractivity contribution >= 4 is 5.78 Å². The maximum atomic E-state index is 10.7. The predicted octanol–water partition coefficient (Wildman–Crippen LogP) is 0.615. The van der Waals surface area contributed by atoms with Gasteiger partial charge >= 0.3 is 0 Å². The van der Waals surface area contributed by atoms with Crippen LogP contribution >= 0.6 is 0 Å². The highest BCUT2D eigenvalue weighted by atomic mass is 16.5. The van der Waals surface area contributed by atoms with Gasteiger partial charge in [0.25, 0.3) is 0 Å². The first-order valence-corrected chi connectivity index (χ1v) is 3.40. The summed E-state index contributed by atoms with van der Waals surface area (Å²) in [6.45, 7) is 1.48. The fraction of sp³-hybridized carbons (Fsp3) is 0.625. The Hall–Kier alpha value is -0.810. The highest BCUT2D eigenvalue weighted by Gasteiger charge is 2.17. The Morgan fingerprint density at radius 2 is 2.60 bits per heavy atom. The van der Waals surface area contributed by atoms with Crippen molar-refractivity contribution in [3.05, 3.63) is 0 Å². The molecule has 2 heteroatoms. The third kappa shape index (κ3) is 1.85. The van der Waals surface area contributed by atoms with Gasteiger partial charge < -0.3 is 4.74 Å². The zero-order chi connectivity index (χ0) is 7.40. The van der Waals surface area contributed by atoms with Gasteiger partial charge in [0.05, 0.1) is 0 Å². The van der Waals surface area contributed by atoms with Crippen LogP contribution in [0.3, 0.4) is 0 Å². The van der Waals surface area contributed by atoms with E-state index in [2.05, 4.69) is 5.92 Å². The Balaban J connectivity index is 2.25. The first kappa shape index (κ1) is 7.30. The number of ketones is 1. The molecule has 1 atom stereocenters. The van der Waals surface area contributed by atoms with E-state index in [1.165, 1.54) is 0 Å². The molecule has 1 heterocycles. The van der Waals surface area contributed by atoms with Crippen LogP contribution in [0.15, 0.2) is 0 Å². The van der Waals surface area contributed by atoms with Crippen molar-refractivity contribution in [1.29, 1.82) is 0 Å². The summed E-state index contributed by atoms with van der Waals surface area (Å²) in [6, 6.07) is 0. The predicted molar refractivity (Wildman–Crippen MR) is 37.4 cm³/mol. The van der Waals surface area contributed by atoms with Crippen molar-refractivity contribution in [2.24, 2.45) is 5.92 Å². The maximum absolute atomic E-state index is 10.7. The van der Waals surface area contributed by atoms with Crippen molar-refractivity contribution in [3.8, 4) is 12.3 Å². The van der Waals surface area contributed by atoms with Crippen LogP contribution in [0.25, 0.3) is 0 Å². The van der Waals surface area contributed by atoms with Crippen LogP contribution in [-0.2, 0) is 9.53 Å². The highest BCUT2D eigenvalue weighted by Crippen LogP contribution is 2.15. The number of rotatable bonds is 2. The molecule has 1 fully saturated rings. The van der Waals surface area contributed by atoms with Crippen molar-refractivity contribution in [2.45, 2.75) is 12.8 Å². The topological polar surface area (TPSA) is 26.3 Å². The summed E-state index contributed by atoms with van der Waals surface area (Å²) in [6.07, 6.45) is 6.39. The Morgan fingerprint density at radius 1 is 1.80 bits per heavy atom. The summed E-state index contributed by atoms with van der Waals surface area (Å²) in [5.74, 6) is 2.37. The van der Waals surface area contributed by atoms with Crippen molar-refractivity contribution in [3.63, 3.8) is 0 Å². The van der Waals surface area contributed by atoms with Crippen molar-refractivity contribution in [2.75, 3.05) is 13.2 Å². The van der Waals surface area contributed by atoms with Gasteiger partial charge in [0.2, 0.25) is 5.78 Å². The zero-order valence-corrected chi connectivity index (χ0v) is 5.80. The molecular formula is C8H10O2. The molecule has 0 aliphatic carbocycles. The molecule has 1 aliphatic rings. The van der Waals surface area contributed by atoms with Gasteiger partial charge in [0.1, 0.15) is 0 Å². The summed E-state index contributed by atoms with van der Waals surface area (Å²) in [5, 5.41) is 0. The molecule has 1 aliphatic heterocycles. The second-order valence-corrected chi connectivity index (χ2v) is 2.50. The van der Waals surface area contributed by atoms with Crippen LogP contribution in [0.1, 0.15) is 12.8 Å². The molecule has 0 aromatic carbocycles. The van der Waals surface area contributed by atoms with Crippen LogP contribution in [0.2, 0.25) is 0 Å². The summed E-state index contributed by atoms with van der Waals surface area (Å²) in [5.41, 5.74) is 0. The fourth-order valence-electron chi connectivity index (χ4n) is 1.07. The molecule has 2 nitrogen and oxygen atoms in total. The minimum atomic E-state index is -0.101. The number of ether oxygens (including phenoxy) is 1. The molecule has 0 bridgehead atoms. The normalized spacial score (nSPS) is 24.1. The van der Waals surface area contributed by atoms with Gasteiger partial charge in [-0.05, 0) is 18.3 Å². The Kier molecular flexibility index (Phi) is 2.47. The lowest BCUT2D eigenvalue weighted by atomic mass is 10.0. The van der Waals surface area contributed by atoms with E-state index in [1.807, 2.05) is 0 Å². The van der Waals surface area contributed by atoms with E-state index in [1.54, 1.807) is 0 Å². The average Bonchev–Trinajstić information content (AvgIpc) is 2.40. The third-order valence-corrected chi connectivity index (χ3v) is 1.66. The Bertz CT molecular complexity index is 161. The van der Waals surface area contributed by atoms with E-state index < -0.39 is 0 Å². The Morgan fingerprint density at radius 3 is 3.10 bits per heavy atom. The van der Waals surface area contributed by atoms with E-state index in [0.717, 1.165) is 13.0 Å². The average molecular weight is 138 g/mol. The van der Waals surface area contributed by atoms with E-state index in [-0.39, 0.29) is 5.78 Å². The SMILES string of the molecule is C#CC(=O)CC1CCOC1. The lowest BCUT2D eigenvalue weighted by Gasteiger charge is -2.00. The molecular weight excluding hydrogens is 128 g/mol. The molecule has 1 saturated heterocycles. The second-order valence-electron chi connectivity index (χ2n) is 2.50. The molecule has 0 spiro atoms. The number of carbonyl (C=O) groups is 1. The van der Waals surface area contributed by atoms with Gasteiger partial charge in [-0.15, -0.1) is 6.42 Å². The molecule has 1 unspecified atom stereocenters. The van der Waals surface area contributed by atoms with E-state index >= 15 is 0 Å². The Labute approximate surface area is 60.6 Å². The molecule has 0 saturated carbocycles. The summed E-state index contributed by atoms with van der Waals surface area (Å²) in [4.78, 5) is 10.7. The quantitative estimate of drug-likeness (QED) is 0.413. The number of hydrogen-bond acceptors (Lipinski definition) is 2. The molecule has 1 rings (SSSR count). The standard InChI is InChI=1S/C8H10O2/c1-2-8(9)5-7-3-4-10-6-7/h1,7H,3-6H2. The molecule has 0 aromatic heterocycles. The van der Waals surface area contributed by atoms with Crippen LogP contribution < -0.4 is 0 Å². The van der Waals surface area contributed by atoms with Crippen LogP contribution in [0, 0.1) is 18.3 Å². The molecule has 0 N–H and O–H groups in total. The lowest BCUT2D eigenvalue weighted by Crippen LogP contribution is -2.05. The van der Waals surface area contributed by atoms with E-state index in [0.29, 0.717) is 18.9 Å². The molecule has 0 aromatic rings. The van der Waals surface area contributed by atoms with E-state index in [4.69, 9.17) is 11.2 Å².